The van der Waals surface area contributed by atoms with Gasteiger partial charge in [-0.1, -0.05) is 18.6 Å². The number of aromatic amines is 1. The second-order valence-corrected chi connectivity index (χ2v) is 7.56. The second-order valence-electron chi connectivity index (χ2n) is 7.56. The summed E-state index contributed by atoms with van der Waals surface area (Å²) < 4.78 is 38.3. The van der Waals surface area contributed by atoms with Crippen LogP contribution in [0.1, 0.15) is 30.4 Å². The summed E-state index contributed by atoms with van der Waals surface area (Å²) in [5.41, 5.74) is 8.17. The summed E-state index contributed by atoms with van der Waals surface area (Å²) in [6.45, 7) is 2.77. The minimum absolute atomic E-state index is 0.289. The molecule has 4 nitrogen and oxygen atoms in total. The van der Waals surface area contributed by atoms with Gasteiger partial charge in [-0.2, -0.15) is 18.3 Å². The minimum atomic E-state index is -4.32. The molecule has 0 spiro atoms. The van der Waals surface area contributed by atoms with Gasteiger partial charge in [-0.25, -0.2) is 0 Å². The average Bonchev–Trinajstić information content (AvgIpc) is 3.22. The highest BCUT2D eigenvalue weighted by Gasteiger charge is 2.38. The van der Waals surface area contributed by atoms with Crippen LogP contribution in [0, 0.1) is 11.8 Å². The van der Waals surface area contributed by atoms with Crippen molar-refractivity contribution in [3.05, 3.63) is 41.6 Å². The zero-order valence-corrected chi connectivity index (χ0v) is 14.5. The van der Waals surface area contributed by atoms with Crippen LogP contribution >= 0.6 is 0 Å². The van der Waals surface area contributed by atoms with Crippen molar-refractivity contribution < 1.29 is 13.2 Å². The topological polar surface area (TPSA) is 57.9 Å². The first kappa shape index (κ1) is 17.5. The normalized spacial score (nSPS) is 26.8. The highest BCUT2D eigenvalue weighted by atomic mass is 19.4. The predicted molar refractivity (Wildman–Crippen MR) is 93.1 cm³/mol. The van der Waals surface area contributed by atoms with Crippen LogP contribution in [0.3, 0.4) is 0 Å². The van der Waals surface area contributed by atoms with Crippen molar-refractivity contribution in [3.8, 4) is 11.3 Å². The number of nitrogens with zero attached hydrogens (tertiary/aromatic N) is 2. The number of halogens is 3. The number of nitrogens with two attached hydrogens (primary N) is 1. The molecule has 2 aromatic rings. The number of aromatic nitrogens is 2. The summed E-state index contributed by atoms with van der Waals surface area (Å²) in [6.07, 6.45) is 1.01. The Kier molecular flexibility index (Phi) is 4.52. The Hall–Kier alpha value is -1.86. The van der Waals surface area contributed by atoms with Crippen molar-refractivity contribution in [2.24, 2.45) is 17.6 Å². The van der Waals surface area contributed by atoms with Crippen molar-refractivity contribution in [2.75, 3.05) is 13.1 Å². The average molecular weight is 364 g/mol. The fraction of sp³-hybridized carbons (Fsp3) is 0.526. The molecule has 2 fully saturated rings. The number of hydrogen-bond donors (Lipinski definition) is 2. The lowest BCUT2D eigenvalue weighted by Crippen LogP contribution is -2.38. The van der Waals surface area contributed by atoms with E-state index in [0.717, 1.165) is 55.0 Å². The van der Waals surface area contributed by atoms with E-state index in [1.807, 2.05) is 0 Å². The third-order valence-corrected chi connectivity index (χ3v) is 5.84. The largest absolute Gasteiger partial charge is 0.416 e. The van der Waals surface area contributed by atoms with Crippen LogP contribution in [0.15, 0.2) is 30.5 Å². The number of likely N-dealkylation sites (tertiary alicyclic amines) is 1. The highest BCUT2D eigenvalue weighted by molar-refractivity contribution is 5.63. The first-order valence-electron chi connectivity index (χ1n) is 9.09. The molecule has 3 atom stereocenters. The first-order valence-corrected chi connectivity index (χ1v) is 9.09. The van der Waals surface area contributed by atoms with Gasteiger partial charge in [0, 0.05) is 31.2 Å². The molecule has 0 bridgehead atoms. The molecule has 1 saturated carbocycles. The van der Waals surface area contributed by atoms with Gasteiger partial charge in [0.15, 0.2) is 0 Å². The van der Waals surface area contributed by atoms with Crippen LogP contribution in [0.25, 0.3) is 11.3 Å². The quantitative estimate of drug-likeness (QED) is 0.874. The van der Waals surface area contributed by atoms with Gasteiger partial charge in [-0.15, -0.1) is 0 Å². The van der Waals surface area contributed by atoms with Gasteiger partial charge in [0.2, 0.25) is 0 Å². The van der Waals surface area contributed by atoms with Crippen molar-refractivity contribution in [2.45, 2.75) is 38.0 Å². The molecule has 1 aliphatic carbocycles. The maximum atomic E-state index is 12.8. The zero-order valence-electron chi connectivity index (χ0n) is 14.5. The van der Waals surface area contributed by atoms with Gasteiger partial charge in [-0.3, -0.25) is 10.00 Å². The molecule has 4 rings (SSSR count). The second kappa shape index (κ2) is 6.70. The standard InChI is InChI=1S/C19H23F3N4/c20-19(21,22)15-6-4-12(5-7-15)18-14(8-24-25-18)10-26-9-13-2-1-3-17(23)16(13)11-26/h4-8,13,16-17H,1-3,9-11,23H2,(H,24,25). The Balaban J connectivity index is 1.49. The van der Waals surface area contributed by atoms with Crippen molar-refractivity contribution in [1.29, 1.82) is 0 Å². The van der Waals surface area contributed by atoms with E-state index in [1.54, 1.807) is 6.20 Å². The van der Waals surface area contributed by atoms with E-state index in [9.17, 15) is 13.2 Å². The monoisotopic (exact) mass is 364 g/mol. The van der Waals surface area contributed by atoms with Crippen LogP contribution in [0.5, 0.6) is 0 Å². The summed E-state index contributed by atoms with van der Waals surface area (Å²) in [6, 6.07) is 5.52. The minimum Gasteiger partial charge on any atom is -0.327 e. The van der Waals surface area contributed by atoms with Gasteiger partial charge in [0.05, 0.1) is 17.5 Å². The number of rotatable bonds is 3. The Bertz CT molecular complexity index is 753. The van der Waals surface area contributed by atoms with Crippen LogP contribution in [-0.2, 0) is 12.7 Å². The molecule has 3 unspecified atom stereocenters. The van der Waals surface area contributed by atoms with Crippen LogP contribution in [0.2, 0.25) is 0 Å². The number of alkyl halides is 3. The summed E-state index contributed by atoms with van der Waals surface area (Å²) in [7, 11) is 0. The molecule has 2 aliphatic rings. The van der Waals surface area contributed by atoms with Crippen molar-refractivity contribution >= 4 is 0 Å². The maximum absolute atomic E-state index is 12.8. The molecule has 140 valence electrons. The smallest absolute Gasteiger partial charge is 0.327 e. The Morgan fingerprint density at radius 2 is 1.92 bits per heavy atom. The number of benzene rings is 1. The lowest BCUT2D eigenvalue weighted by atomic mass is 9.78. The molecule has 1 aromatic carbocycles. The molecule has 3 N–H and O–H groups in total. The molecular weight excluding hydrogens is 341 g/mol. The van der Waals surface area contributed by atoms with Gasteiger partial charge in [0.25, 0.3) is 0 Å². The number of fused-ring (bicyclic) bond motifs is 1. The summed E-state index contributed by atoms with van der Waals surface area (Å²) in [5, 5.41) is 7.06. The van der Waals surface area contributed by atoms with Gasteiger partial charge in [0.1, 0.15) is 0 Å². The molecule has 0 radical (unpaired) electrons. The van der Waals surface area contributed by atoms with Gasteiger partial charge < -0.3 is 5.73 Å². The molecule has 1 aromatic heterocycles. The van der Waals surface area contributed by atoms with Gasteiger partial charge in [-0.05, 0) is 42.4 Å². The van der Waals surface area contributed by atoms with E-state index in [2.05, 4.69) is 15.1 Å². The predicted octanol–water partition coefficient (Wildman–Crippen LogP) is 3.65. The Morgan fingerprint density at radius 1 is 1.15 bits per heavy atom. The van der Waals surface area contributed by atoms with Crippen molar-refractivity contribution in [1.82, 2.24) is 15.1 Å². The maximum Gasteiger partial charge on any atom is 0.416 e. The lowest BCUT2D eigenvalue weighted by molar-refractivity contribution is -0.137. The molecule has 0 amide bonds. The Morgan fingerprint density at radius 3 is 2.62 bits per heavy atom. The molecule has 2 heterocycles. The summed E-state index contributed by atoms with van der Waals surface area (Å²) >= 11 is 0. The lowest BCUT2D eigenvalue weighted by Gasteiger charge is -2.29. The molecular formula is C19H23F3N4. The third kappa shape index (κ3) is 3.38. The molecule has 1 saturated heterocycles. The first-order chi connectivity index (χ1) is 12.4. The van der Waals surface area contributed by atoms with Crippen LogP contribution in [-0.4, -0.2) is 34.2 Å². The van der Waals surface area contributed by atoms with E-state index in [1.165, 1.54) is 25.0 Å². The molecule has 26 heavy (non-hydrogen) atoms. The SMILES string of the molecule is NC1CCCC2CN(Cc3cn[nH]c3-c3ccc(C(F)(F)F)cc3)CC12. The van der Waals surface area contributed by atoms with E-state index in [0.29, 0.717) is 11.8 Å². The highest BCUT2D eigenvalue weighted by Crippen LogP contribution is 2.37. The number of H-pyrrole nitrogens is 1. The number of hydrogen-bond acceptors (Lipinski definition) is 3. The molecule has 7 heteroatoms. The van der Waals surface area contributed by atoms with E-state index in [4.69, 9.17) is 5.73 Å². The summed E-state index contributed by atoms with van der Waals surface area (Å²) in [4.78, 5) is 2.40. The van der Waals surface area contributed by atoms with Crippen molar-refractivity contribution in [3.63, 3.8) is 0 Å². The van der Waals surface area contributed by atoms with Crippen LogP contribution in [0.4, 0.5) is 13.2 Å². The van der Waals surface area contributed by atoms with E-state index < -0.39 is 11.7 Å². The van der Waals surface area contributed by atoms with E-state index in [-0.39, 0.29) is 6.04 Å². The fourth-order valence-electron chi connectivity index (χ4n) is 4.49. The number of nitrogens with one attached hydrogen (secondary N) is 1. The third-order valence-electron chi connectivity index (χ3n) is 5.84. The Labute approximate surface area is 150 Å². The molecule has 1 aliphatic heterocycles. The van der Waals surface area contributed by atoms with E-state index >= 15 is 0 Å². The summed E-state index contributed by atoms with van der Waals surface area (Å²) in [5.74, 6) is 1.23. The zero-order chi connectivity index (χ0) is 18.3. The fourth-order valence-corrected chi connectivity index (χ4v) is 4.49. The van der Waals surface area contributed by atoms with Gasteiger partial charge >= 0.3 is 6.18 Å². The van der Waals surface area contributed by atoms with Crippen LogP contribution < -0.4 is 5.73 Å².